The van der Waals surface area contributed by atoms with Crippen LogP contribution in [0.1, 0.15) is 82.6 Å². The normalized spacial score (nSPS) is 10.0. The van der Waals surface area contributed by atoms with Gasteiger partial charge in [0.05, 0.1) is 11.6 Å². The van der Waals surface area contributed by atoms with Crippen molar-refractivity contribution in [1.29, 1.82) is 5.26 Å². The Balaban J connectivity index is 0.00000137. The Labute approximate surface area is 113 Å². The summed E-state index contributed by atoms with van der Waals surface area (Å²) in [7, 11) is 0. The molecule has 18 heavy (non-hydrogen) atoms. The molecule has 0 unspecified atom stereocenters. The van der Waals surface area contributed by atoms with E-state index in [2.05, 4.69) is 52.8 Å². The van der Waals surface area contributed by atoms with Gasteiger partial charge in [-0.2, -0.15) is 5.26 Å². The summed E-state index contributed by atoms with van der Waals surface area (Å²) < 4.78 is 0. The average molecular weight is 245 g/mol. The van der Waals surface area contributed by atoms with Crippen LogP contribution in [0.5, 0.6) is 0 Å². The lowest BCUT2D eigenvalue weighted by atomic mass is 9.86. The van der Waals surface area contributed by atoms with Crippen LogP contribution >= 0.6 is 0 Å². The van der Waals surface area contributed by atoms with Crippen LogP contribution in [-0.4, -0.2) is 0 Å². The van der Waals surface area contributed by atoms with Crippen molar-refractivity contribution in [3.63, 3.8) is 0 Å². The fourth-order valence-corrected chi connectivity index (χ4v) is 2.22. The third-order valence-electron chi connectivity index (χ3n) is 3.05. The van der Waals surface area contributed by atoms with E-state index < -0.39 is 0 Å². The zero-order valence-corrected chi connectivity index (χ0v) is 13.0. The van der Waals surface area contributed by atoms with E-state index in [1.165, 1.54) is 16.7 Å². The van der Waals surface area contributed by atoms with E-state index in [1.54, 1.807) is 0 Å². The second kappa shape index (κ2) is 7.93. The Morgan fingerprint density at radius 2 is 1.39 bits per heavy atom. The highest BCUT2D eigenvalue weighted by Crippen LogP contribution is 2.29. The third-order valence-corrected chi connectivity index (χ3v) is 3.05. The minimum atomic E-state index is 0.487. The summed E-state index contributed by atoms with van der Waals surface area (Å²) in [6.07, 6.45) is 1.05. The molecule has 0 spiro atoms. The Bertz CT molecular complexity index is 379. The molecule has 100 valence electrons. The van der Waals surface area contributed by atoms with Gasteiger partial charge in [0, 0.05) is 0 Å². The minimum Gasteiger partial charge on any atom is -0.192 e. The Morgan fingerprint density at radius 3 is 1.61 bits per heavy atom. The number of rotatable bonds is 3. The van der Waals surface area contributed by atoms with Crippen LogP contribution in [0.3, 0.4) is 0 Å². The molecule has 0 aliphatic rings. The minimum absolute atomic E-state index is 0.487. The second-order valence-corrected chi connectivity index (χ2v) is 4.91. The van der Waals surface area contributed by atoms with Crippen LogP contribution in [-0.2, 0) is 6.42 Å². The maximum absolute atomic E-state index is 9.06. The van der Waals surface area contributed by atoms with Crippen LogP contribution in [0, 0.1) is 11.3 Å². The molecule has 0 aliphatic heterocycles. The van der Waals surface area contributed by atoms with Gasteiger partial charge in [-0.05, 0) is 47.1 Å². The summed E-state index contributed by atoms with van der Waals surface area (Å²) in [6, 6.07) is 6.37. The Hall–Kier alpha value is -1.29. The predicted molar refractivity (Wildman–Crippen MR) is 80.1 cm³/mol. The van der Waals surface area contributed by atoms with E-state index >= 15 is 0 Å². The van der Waals surface area contributed by atoms with Gasteiger partial charge in [-0.15, -0.1) is 0 Å². The number of benzene rings is 1. The van der Waals surface area contributed by atoms with Crippen molar-refractivity contribution < 1.29 is 0 Å². The van der Waals surface area contributed by atoms with Gasteiger partial charge in [0.2, 0.25) is 0 Å². The Kier molecular flexibility index (Phi) is 7.36. The second-order valence-electron chi connectivity index (χ2n) is 4.91. The molecule has 0 heterocycles. The molecular formula is C17H27N. The summed E-state index contributed by atoms with van der Waals surface area (Å²) in [5.74, 6) is 0.974. The molecule has 0 atom stereocenters. The van der Waals surface area contributed by atoms with Crippen molar-refractivity contribution in [3.8, 4) is 6.07 Å². The summed E-state index contributed by atoms with van der Waals surface area (Å²) in [5.41, 5.74) is 4.91. The van der Waals surface area contributed by atoms with Gasteiger partial charge in [0.15, 0.2) is 0 Å². The first-order valence-electron chi connectivity index (χ1n) is 7.08. The fourth-order valence-electron chi connectivity index (χ4n) is 2.22. The highest BCUT2D eigenvalue weighted by Gasteiger charge is 2.14. The first-order valence-corrected chi connectivity index (χ1v) is 7.08. The van der Waals surface area contributed by atoms with Gasteiger partial charge in [-0.1, -0.05) is 48.5 Å². The van der Waals surface area contributed by atoms with Gasteiger partial charge >= 0.3 is 0 Å². The molecule has 1 rings (SSSR count). The molecule has 1 heteroatoms. The molecule has 0 aromatic heterocycles. The number of hydrogen-bond donors (Lipinski definition) is 0. The largest absolute Gasteiger partial charge is 0.192 e. The van der Waals surface area contributed by atoms with Gasteiger partial charge in [0.25, 0.3) is 0 Å². The molecule has 0 amide bonds. The maximum Gasteiger partial charge on any atom is 0.0991 e. The monoisotopic (exact) mass is 245 g/mol. The van der Waals surface area contributed by atoms with Gasteiger partial charge in [-0.3, -0.25) is 0 Å². The van der Waals surface area contributed by atoms with E-state index in [-0.39, 0.29) is 0 Å². The molecule has 0 fully saturated rings. The topological polar surface area (TPSA) is 23.8 Å². The van der Waals surface area contributed by atoms with Crippen molar-refractivity contribution in [2.24, 2.45) is 0 Å². The van der Waals surface area contributed by atoms with Crippen molar-refractivity contribution in [2.45, 2.75) is 66.7 Å². The van der Waals surface area contributed by atoms with Gasteiger partial charge in [-0.25, -0.2) is 0 Å². The van der Waals surface area contributed by atoms with Crippen molar-refractivity contribution in [3.05, 3.63) is 34.4 Å². The summed E-state index contributed by atoms with van der Waals surface area (Å²) >= 11 is 0. The SMILES string of the molecule is CC.CCc1c(C(C)C)cc(C#N)cc1C(C)C. The standard InChI is InChI=1S/C15H21N.C2H6/c1-6-13-14(10(2)3)7-12(9-16)8-15(13)11(4)5;1-2/h7-8,10-11H,6H2,1-5H3;1-2H3. The van der Waals surface area contributed by atoms with Crippen LogP contribution in [0.4, 0.5) is 0 Å². The van der Waals surface area contributed by atoms with Gasteiger partial charge < -0.3 is 0 Å². The molecular weight excluding hydrogens is 218 g/mol. The zero-order valence-electron chi connectivity index (χ0n) is 13.0. The lowest BCUT2D eigenvalue weighted by Crippen LogP contribution is -2.03. The number of nitriles is 1. The quantitative estimate of drug-likeness (QED) is 0.700. The summed E-state index contributed by atoms with van der Waals surface area (Å²) in [6.45, 7) is 15.0. The highest BCUT2D eigenvalue weighted by atomic mass is 14.3. The molecule has 0 saturated carbocycles. The molecule has 0 radical (unpaired) electrons. The highest BCUT2D eigenvalue weighted by molar-refractivity contribution is 5.46. The number of hydrogen-bond acceptors (Lipinski definition) is 1. The predicted octanol–water partition coefficient (Wildman–Crippen LogP) is 5.39. The lowest BCUT2D eigenvalue weighted by Gasteiger charge is -2.19. The first kappa shape index (κ1) is 16.7. The Morgan fingerprint density at radius 1 is 1.00 bits per heavy atom. The van der Waals surface area contributed by atoms with Crippen molar-refractivity contribution in [1.82, 2.24) is 0 Å². The van der Waals surface area contributed by atoms with Crippen LogP contribution in [0.2, 0.25) is 0 Å². The summed E-state index contributed by atoms with van der Waals surface area (Å²) in [5, 5.41) is 9.06. The molecule has 0 saturated heterocycles. The van der Waals surface area contributed by atoms with E-state index in [4.69, 9.17) is 5.26 Å². The van der Waals surface area contributed by atoms with E-state index in [0.717, 1.165) is 12.0 Å². The molecule has 1 aromatic rings. The van der Waals surface area contributed by atoms with E-state index in [1.807, 2.05) is 13.8 Å². The maximum atomic E-state index is 9.06. The first-order chi connectivity index (χ1) is 8.51. The summed E-state index contributed by atoms with van der Waals surface area (Å²) in [4.78, 5) is 0. The molecule has 0 aliphatic carbocycles. The van der Waals surface area contributed by atoms with Crippen molar-refractivity contribution >= 4 is 0 Å². The molecule has 0 bridgehead atoms. The smallest absolute Gasteiger partial charge is 0.0991 e. The zero-order chi connectivity index (χ0) is 14.3. The molecule has 1 nitrogen and oxygen atoms in total. The number of nitrogens with zero attached hydrogens (tertiary/aromatic N) is 1. The van der Waals surface area contributed by atoms with Crippen LogP contribution in [0.25, 0.3) is 0 Å². The van der Waals surface area contributed by atoms with E-state index in [9.17, 15) is 0 Å². The molecule has 0 N–H and O–H groups in total. The van der Waals surface area contributed by atoms with Crippen LogP contribution < -0.4 is 0 Å². The molecule has 1 aromatic carbocycles. The van der Waals surface area contributed by atoms with Crippen LogP contribution in [0.15, 0.2) is 12.1 Å². The lowest BCUT2D eigenvalue weighted by molar-refractivity contribution is 0.799. The fraction of sp³-hybridized carbons (Fsp3) is 0.588. The average Bonchev–Trinajstić information content (AvgIpc) is 2.39. The third kappa shape index (κ3) is 3.88. The van der Waals surface area contributed by atoms with E-state index in [0.29, 0.717) is 11.8 Å². The van der Waals surface area contributed by atoms with Gasteiger partial charge in [0.1, 0.15) is 0 Å². The van der Waals surface area contributed by atoms with Crippen molar-refractivity contribution in [2.75, 3.05) is 0 Å².